The van der Waals surface area contributed by atoms with E-state index in [0.29, 0.717) is 5.56 Å². The van der Waals surface area contributed by atoms with E-state index in [1.54, 1.807) is 30.3 Å². The van der Waals surface area contributed by atoms with Crippen molar-refractivity contribution in [3.8, 4) is 0 Å². The maximum Gasteiger partial charge on any atom is 0.305 e. The summed E-state index contributed by atoms with van der Waals surface area (Å²) in [4.78, 5) is 211. The van der Waals surface area contributed by atoms with Crippen molar-refractivity contribution >= 4 is 138 Å². The van der Waals surface area contributed by atoms with E-state index in [1.165, 1.54) is 0 Å². The quantitative estimate of drug-likeness (QED) is 0.0298. The SMILES string of the molecule is NCC(=O)N[C@H]1CSSC[C@@H]2NC(=O)[C@H](CCCN=C(N)N)NC(=O)[C@@H]3CCCN3C(=O)[C@H](CC(=O)O)NC(=O)[C@H](CO)NC(=O)[C@H](CSSC[C@@H](C(N)=O)NC(=O)[C@H](Cc3ccccc3)NC(=O)[C@H](CCC(N)=O)NC(=O)[C@H](CC(N)=O)NC2=O)NC1=O. The number of amides is 14. The molecule has 3 heterocycles. The maximum atomic E-state index is 14.7. The number of carboxylic acid groups (broad SMARTS) is 1. The summed E-state index contributed by atoms with van der Waals surface area (Å²) in [6.45, 7) is -2.13. The number of guanidine groups is 1. The number of fused-ring (bicyclic) bond motifs is 9. The monoisotopic (exact) mass is 1330 g/mol. The number of carbonyl (C=O) groups is 15. The predicted octanol–water partition coefficient (Wildman–Crippen LogP) is -9.04. The summed E-state index contributed by atoms with van der Waals surface area (Å²) in [5.74, 6) is -19.1. The van der Waals surface area contributed by atoms with Crippen LogP contribution in [0.25, 0.3) is 0 Å². The summed E-state index contributed by atoms with van der Waals surface area (Å²) in [7, 11) is 3.21. The molecule has 0 unspecified atom stereocenters. The van der Waals surface area contributed by atoms with Gasteiger partial charge in [-0.2, -0.15) is 0 Å². The molecule has 0 aliphatic carbocycles. The van der Waals surface area contributed by atoms with E-state index in [9.17, 15) is 82.1 Å². The van der Waals surface area contributed by atoms with Crippen LogP contribution in [-0.2, 0) is 78.3 Å². The van der Waals surface area contributed by atoms with Gasteiger partial charge in [-0.15, -0.1) is 0 Å². The first kappa shape index (κ1) is 73.3. The van der Waals surface area contributed by atoms with Gasteiger partial charge in [0.1, 0.15) is 66.5 Å². The average molecular weight is 1330 g/mol. The first-order valence-electron chi connectivity index (χ1n) is 27.5. The van der Waals surface area contributed by atoms with Crippen molar-refractivity contribution in [2.45, 2.75) is 124 Å². The second-order valence-corrected chi connectivity index (χ2v) is 25.3. The van der Waals surface area contributed by atoms with Crippen LogP contribution in [0.15, 0.2) is 35.3 Å². The van der Waals surface area contributed by atoms with Crippen molar-refractivity contribution in [3.63, 3.8) is 0 Å². The highest BCUT2D eigenvalue weighted by atomic mass is 33.1. The minimum atomic E-state index is -1.98. The lowest BCUT2D eigenvalue weighted by atomic mass is 10.0. The Labute approximate surface area is 524 Å². The van der Waals surface area contributed by atoms with Gasteiger partial charge < -0.3 is 103 Å². The molecule has 24 N–H and O–H groups in total. The fourth-order valence-electron chi connectivity index (χ4n) is 8.78. The Bertz CT molecular complexity index is 2810. The maximum absolute atomic E-state index is 14.7. The van der Waals surface area contributed by atoms with E-state index in [1.807, 2.05) is 0 Å². The number of nitrogens with two attached hydrogens (primary N) is 6. The molecule has 11 atom stereocenters. The molecule has 490 valence electrons. The van der Waals surface area contributed by atoms with Crippen LogP contribution < -0.4 is 87.6 Å². The van der Waals surface area contributed by atoms with Crippen molar-refractivity contribution in [1.29, 1.82) is 0 Å². The third-order valence-corrected chi connectivity index (χ3v) is 18.2. The number of aliphatic imine (C=N–C) groups is 1. The Hall–Kier alpha value is -8.14. The van der Waals surface area contributed by atoms with Gasteiger partial charge in [-0.3, -0.25) is 76.9 Å². The van der Waals surface area contributed by atoms with Gasteiger partial charge in [0.25, 0.3) is 0 Å². The third kappa shape index (κ3) is 24.7. The van der Waals surface area contributed by atoms with Crippen LogP contribution in [0.3, 0.4) is 0 Å². The Morgan fingerprint density at radius 3 is 1.71 bits per heavy atom. The molecule has 1 aromatic carbocycles. The van der Waals surface area contributed by atoms with Gasteiger partial charge in [0.2, 0.25) is 82.7 Å². The van der Waals surface area contributed by atoms with Crippen molar-refractivity contribution in [2.75, 3.05) is 49.3 Å². The fourth-order valence-corrected chi connectivity index (χ4v) is 13.4. The lowest BCUT2D eigenvalue weighted by Crippen LogP contribution is -2.61. The predicted molar refractivity (Wildman–Crippen MR) is 324 cm³/mol. The molecule has 0 aromatic heterocycles. The second-order valence-electron chi connectivity index (χ2n) is 20.2. The summed E-state index contributed by atoms with van der Waals surface area (Å²) >= 11 is 0. The Morgan fingerprint density at radius 2 is 1.11 bits per heavy atom. The molecular formula is C50H74N18O17S4. The van der Waals surface area contributed by atoms with E-state index in [2.05, 4.69) is 58.2 Å². The van der Waals surface area contributed by atoms with Crippen LogP contribution in [0.2, 0.25) is 0 Å². The second kappa shape index (κ2) is 37.0. The molecule has 14 amide bonds. The molecule has 3 aliphatic heterocycles. The number of aliphatic carboxylic acids is 1. The summed E-state index contributed by atoms with van der Waals surface area (Å²) in [6, 6.07) is -10.8. The highest BCUT2D eigenvalue weighted by molar-refractivity contribution is 8.77. The normalized spacial score (nSPS) is 26.3. The number of aliphatic hydroxyl groups is 1. The number of benzene rings is 1. The number of hydrogen-bond acceptors (Lipinski definition) is 22. The lowest BCUT2D eigenvalue weighted by Gasteiger charge is -2.30. The van der Waals surface area contributed by atoms with Gasteiger partial charge in [0, 0.05) is 48.9 Å². The van der Waals surface area contributed by atoms with Crippen molar-refractivity contribution in [1.82, 2.24) is 58.1 Å². The number of rotatable bonds is 17. The average Bonchev–Trinajstić information content (AvgIpc) is 3.74. The molecule has 0 saturated carbocycles. The largest absolute Gasteiger partial charge is 0.481 e. The molecule has 89 heavy (non-hydrogen) atoms. The number of nitrogens with one attached hydrogen (secondary N) is 10. The molecule has 3 aliphatic rings. The zero-order valence-electron chi connectivity index (χ0n) is 47.8. The Kier molecular flexibility index (Phi) is 30.5. The topological polar surface area (TPSA) is 589 Å². The Balaban J connectivity index is 1.96. The number of hydrogen-bond donors (Lipinski definition) is 18. The number of primary amides is 3. The number of carbonyl (C=O) groups excluding carboxylic acids is 14. The minimum Gasteiger partial charge on any atom is -0.481 e. The molecule has 4 rings (SSSR count). The van der Waals surface area contributed by atoms with Gasteiger partial charge in [-0.1, -0.05) is 73.5 Å². The Morgan fingerprint density at radius 1 is 0.584 bits per heavy atom. The molecule has 0 radical (unpaired) electrons. The smallest absolute Gasteiger partial charge is 0.305 e. The van der Waals surface area contributed by atoms with E-state index >= 15 is 0 Å². The minimum absolute atomic E-state index is 0.0202. The van der Waals surface area contributed by atoms with Crippen LogP contribution in [0.5, 0.6) is 0 Å². The molecule has 3 fully saturated rings. The third-order valence-electron chi connectivity index (χ3n) is 13.4. The molecule has 1 aromatic rings. The van der Waals surface area contributed by atoms with E-state index in [4.69, 9.17) is 34.4 Å². The first-order valence-corrected chi connectivity index (χ1v) is 32.5. The van der Waals surface area contributed by atoms with Gasteiger partial charge in [0.15, 0.2) is 5.96 Å². The molecule has 0 spiro atoms. The van der Waals surface area contributed by atoms with Gasteiger partial charge in [-0.25, -0.2) is 0 Å². The van der Waals surface area contributed by atoms with Crippen LogP contribution in [-0.4, -0.2) is 225 Å². The van der Waals surface area contributed by atoms with Crippen molar-refractivity contribution < 1.29 is 82.1 Å². The first-order chi connectivity index (χ1) is 42.2. The molecule has 39 heteroatoms. The van der Waals surface area contributed by atoms with Crippen LogP contribution >= 0.6 is 43.2 Å². The molecule has 35 nitrogen and oxygen atoms in total. The molecular weight excluding hydrogens is 1250 g/mol. The van der Waals surface area contributed by atoms with Crippen molar-refractivity contribution in [2.24, 2.45) is 39.4 Å². The fraction of sp³-hybridized carbons (Fsp3) is 0.560. The van der Waals surface area contributed by atoms with Crippen LogP contribution in [0.4, 0.5) is 0 Å². The summed E-state index contributed by atoms with van der Waals surface area (Å²) in [5, 5.41) is 44.5. The molecule has 3 saturated heterocycles. The summed E-state index contributed by atoms with van der Waals surface area (Å²) in [5.41, 5.74) is 33.8. The summed E-state index contributed by atoms with van der Waals surface area (Å²) in [6.07, 6.45) is -3.61. The number of aliphatic hydroxyl groups excluding tert-OH is 1. The lowest BCUT2D eigenvalue weighted by molar-refractivity contribution is -0.146. The van der Waals surface area contributed by atoms with E-state index in [-0.39, 0.29) is 56.9 Å². The van der Waals surface area contributed by atoms with E-state index in [0.717, 1.165) is 48.1 Å². The van der Waals surface area contributed by atoms with Gasteiger partial charge >= 0.3 is 5.97 Å². The van der Waals surface area contributed by atoms with Crippen molar-refractivity contribution in [3.05, 3.63) is 35.9 Å². The van der Waals surface area contributed by atoms with Gasteiger partial charge in [0.05, 0.1) is 26.0 Å². The zero-order chi connectivity index (χ0) is 65.9. The van der Waals surface area contributed by atoms with Crippen LogP contribution in [0, 0.1) is 0 Å². The summed E-state index contributed by atoms with van der Waals surface area (Å²) < 4.78 is 0. The number of nitrogens with zero attached hydrogens (tertiary/aromatic N) is 2. The van der Waals surface area contributed by atoms with Crippen LogP contribution in [0.1, 0.15) is 56.9 Å². The van der Waals surface area contributed by atoms with Gasteiger partial charge in [-0.05, 0) is 37.7 Å². The zero-order valence-corrected chi connectivity index (χ0v) is 51.0. The molecule has 2 bridgehead atoms. The van der Waals surface area contributed by atoms with E-state index < -0.39 is 211 Å². The highest BCUT2D eigenvalue weighted by Gasteiger charge is 2.42. The standard InChI is InChI=1S/C50H74N18O17S4/c51-17-37(72)58-31-20-87-89-21-32-46(82)62-27(15-36(53)71)43(79)59-25(10-11-35(52)70)41(77)61-26(14-23-6-2-1-3-7-23)42(78)65-30(39(54)75)19-86-88-22-33(67-45(31)81)47(83)64-29(18-69)44(80)63-28(16-38(73)74)49(85)68-13-5-9-34(68)48(84)60-24(40(76)66-32)8-4-12-57-50(55)56/h1-3,6-7,24-34,69H,4-5,8-22,51H2,(H2,52,70)(H2,53,71)(H2,54,75)(H,58,72)(H,59,79)(H,60,84)(H,61,77)(H,62,82)(H,63,80)(H,64,83)(H,65,78)(H,66,76)(H,67,81)(H,73,74)(H4,55,56,57)/t24-,25-,26-,27-,28-,29-,30-,31-,32-,33-,34-/m0/s1. The highest BCUT2D eigenvalue weighted by Crippen LogP contribution is 2.26. The number of carboxylic acids is 1.